The van der Waals surface area contributed by atoms with E-state index in [4.69, 9.17) is 14.4 Å². The van der Waals surface area contributed by atoms with Crippen LogP contribution < -0.4 is 4.90 Å². The highest BCUT2D eigenvalue weighted by Gasteiger charge is 2.20. The van der Waals surface area contributed by atoms with Crippen LogP contribution in [0.4, 0.5) is 17.1 Å². The Balaban J connectivity index is 1.08. The van der Waals surface area contributed by atoms with Crippen LogP contribution in [0.15, 0.2) is 205 Å². The molecule has 0 unspecified atom stereocenters. The number of hydrogen-bond donors (Lipinski definition) is 0. The van der Waals surface area contributed by atoms with E-state index in [2.05, 4.69) is 175 Å². The fourth-order valence-corrected chi connectivity index (χ4v) is 7.45. The first-order valence-corrected chi connectivity index (χ1v) is 18.2. The summed E-state index contributed by atoms with van der Waals surface area (Å²) in [5, 5.41) is 3.10. The van der Waals surface area contributed by atoms with Crippen LogP contribution in [0, 0.1) is 0 Å². The van der Waals surface area contributed by atoms with Crippen molar-refractivity contribution < 1.29 is 4.42 Å². The maximum absolute atomic E-state index is 6.63. The zero-order valence-electron chi connectivity index (χ0n) is 29.3. The molecule has 4 nitrogen and oxygen atoms in total. The van der Waals surface area contributed by atoms with Gasteiger partial charge in [-0.15, -0.1) is 0 Å². The zero-order valence-corrected chi connectivity index (χ0v) is 29.3. The Morgan fingerprint density at radius 3 is 1.63 bits per heavy atom. The summed E-state index contributed by atoms with van der Waals surface area (Å²) in [6.45, 7) is 0. The van der Waals surface area contributed by atoms with Gasteiger partial charge in [-0.25, -0.2) is 9.97 Å². The van der Waals surface area contributed by atoms with E-state index in [0.717, 1.165) is 66.7 Å². The van der Waals surface area contributed by atoms with Crippen molar-refractivity contribution in [3.8, 4) is 44.9 Å². The summed E-state index contributed by atoms with van der Waals surface area (Å²) in [6, 6.07) is 69.7. The molecule has 0 atom stereocenters. The number of fused-ring (bicyclic) bond motifs is 4. The lowest BCUT2D eigenvalue weighted by atomic mass is 10.0. The van der Waals surface area contributed by atoms with E-state index in [-0.39, 0.29) is 0 Å². The van der Waals surface area contributed by atoms with Gasteiger partial charge in [0.2, 0.25) is 0 Å². The predicted molar refractivity (Wildman–Crippen MR) is 223 cm³/mol. The molecule has 0 aliphatic heterocycles. The number of benzene rings is 8. The van der Waals surface area contributed by atoms with Crippen molar-refractivity contribution in [3.05, 3.63) is 200 Å². The monoisotopic (exact) mass is 691 g/mol. The summed E-state index contributed by atoms with van der Waals surface area (Å²) in [5.74, 6) is 0.655. The van der Waals surface area contributed by atoms with Gasteiger partial charge < -0.3 is 9.32 Å². The van der Waals surface area contributed by atoms with E-state index in [9.17, 15) is 0 Å². The minimum atomic E-state index is 0.655. The average molecular weight is 692 g/mol. The number of rotatable bonds is 7. The molecule has 10 aromatic rings. The highest BCUT2D eigenvalue weighted by atomic mass is 16.3. The van der Waals surface area contributed by atoms with Crippen molar-refractivity contribution in [2.75, 3.05) is 4.90 Å². The maximum Gasteiger partial charge on any atom is 0.160 e. The SMILES string of the molecule is c1ccc(-c2ccc(-c3nc(-c4ccc5c(c4)oc4cccc(N(c6ccccc6)c6ccc(-c7ccccc7)cc6)c45)nc4ccccc34)cc2)cc1. The van der Waals surface area contributed by atoms with Crippen LogP contribution in [0.2, 0.25) is 0 Å². The van der Waals surface area contributed by atoms with Crippen molar-refractivity contribution in [3.63, 3.8) is 0 Å². The summed E-state index contributed by atoms with van der Waals surface area (Å²) < 4.78 is 6.63. The average Bonchev–Trinajstić information content (AvgIpc) is 3.63. The number of aromatic nitrogens is 2. The molecule has 0 amide bonds. The van der Waals surface area contributed by atoms with E-state index in [0.29, 0.717) is 5.82 Å². The lowest BCUT2D eigenvalue weighted by molar-refractivity contribution is 0.669. The van der Waals surface area contributed by atoms with Crippen molar-refractivity contribution in [2.24, 2.45) is 0 Å². The largest absolute Gasteiger partial charge is 0.456 e. The molecule has 0 fully saturated rings. The van der Waals surface area contributed by atoms with Gasteiger partial charge in [0.25, 0.3) is 0 Å². The number of nitrogens with zero attached hydrogens (tertiary/aromatic N) is 3. The van der Waals surface area contributed by atoms with Gasteiger partial charge in [0, 0.05) is 33.3 Å². The molecule has 10 rings (SSSR count). The van der Waals surface area contributed by atoms with Crippen molar-refractivity contribution in [1.82, 2.24) is 9.97 Å². The lowest BCUT2D eigenvalue weighted by Gasteiger charge is -2.26. The number of anilines is 3. The van der Waals surface area contributed by atoms with Crippen molar-refractivity contribution in [2.45, 2.75) is 0 Å². The van der Waals surface area contributed by atoms with Crippen LogP contribution in [0.3, 0.4) is 0 Å². The molecule has 0 aliphatic rings. The normalized spacial score (nSPS) is 11.3. The van der Waals surface area contributed by atoms with Crippen LogP contribution >= 0.6 is 0 Å². The lowest BCUT2D eigenvalue weighted by Crippen LogP contribution is -2.10. The highest BCUT2D eigenvalue weighted by Crippen LogP contribution is 2.44. The molecular formula is C50H33N3O. The molecule has 254 valence electrons. The Bertz CT molecular complexity index is 2900. The molecule has 0 saturated carbocycles. The summed E-state index contributed by atoms with van der Waals surface area (Å²) >= 11 is 0. The zero-order chi connectivity index (χ0) is 35.8. The Kier molecular flexibility index (Phi) is 7.77. The first kappa shape index (κ1) is 31.4. The second-order valence-corrected chi connectivity index (χ2v) is 13.4. The fraction of sp³-hybridized carbons (Fsp3) is 0. The van der Waals surface area contributed by atoms with E-state index < -0.39 is 0 Å². The molecule has 0 bridgehead atoms. The van der Waals surface area contributed by atoms with Gasteiger partial charge in [-0.1, -0.05) is 146 Å². The Morgan fingerprint density at radius 2 is 0.926 bits per heavy atom. The van der Waals surface area contributed by atoms with Crippen molar-refractivity contribution in [1.29, 1.82) is 0 Å². The van der Waals surface area contributed by atoms with Gasteiger partial charge in [0.1, 0.15) is 11.2 Å². The van der Waals surface area contributed by atoms with Crippen LogP contribution in [0.1, 0.15) is 0 Å². The highest BCUT2D eigenvalue weighted by molar-refractivity contribution is 6.14. The van der Waals surface area contributed by atoms with Gasteiger partial charge in [-0.2, -0.15) is 0 Å². The molecule has 0 radical (unpaired) electrons. The number of furan rings is 1. The summed E-state index contributed by atoms with van der Waals surface area (Å²) in [7, 11) is 0. The van der Waals surface area contributed by atoms with Gasteiger partial charge in [0.15, 0.2) is 5.82 Å². The molecular weight excluding hydrogens is 659 g/mol. The number of para-hydroxylation sites is 2. The molecule has 0 N–H and O–H groups in total. The molecule has 2 heterocycles. The topological polar surface area (TPSA) is 42.2 Å². The second kappa shape index (κ2) is 13.4. The fourth-order valence-electron chi connectivity index (χ4n) is 7.45. The van der Waals surface area contributed by atoms with Crippen LogP contribution in [0.25, 0.3) is 77.7 Å². The molecule has 4 heteroatoms. The Labute approximate surface area is 313 Å². The molecule has 8 aromatic carbocycles. The van der Waals surface area contributed by atoms with Gasteiger partial charge >= 0.3 is 0 Å². The minimum absolute atomic E-state index is 0.655. The third-order valence-corrected chi connectivity index (χ3v) is 10.1. The molecule has 0 saturated heterocycles. The summed E-state index contributed by atoms with van der Waals surface area (Å²) in [4.78, 5) is 12.6. The molecule has 2 aromatic heterocycles. The van der Waals surface area contributed by atoms with Gasteiger partial charge in [0.05, 0.1) is 22.3 Å². The molecule has 54 heavy (non-hydrogen) atoms. The third kappa shape index (κ3) is 5.67. The quantitative estimate of drug-likeness (QED) is 0.167. The Morgan fingerprint density at radius 1 is 0.370 bits per heavy atom. The van der Waals surface area contributed by atoms with Crippen LogP contribution in [0.5, 0.6) is 0 Å². The molecule has 0 spiro atoms. The standard InChI is InChI=1S/C50H33N3O/c1-4-13-34(14-5-1)36-23-25-38(26-24-36)49-42-19-10-11-20-44(42)51-50(52-49)39-29-32-43-47(33-39)54-46-22-12-21-45(48(43)46)53(40-17-8-3-9-18-40)41-30-27-37(28-31-41)35-15-6-2-7-16-35/h1-33H. The second-order valence-electron chi connectivity index (χ2n) is 13.4. The molecule has 0 aliphatic carbocycles. The number of hydrogen-bond acceptors (Lipinski definition) is 4. The first-order valence-electron chi connectivity index (χ1n) is 18.2. The minimum Gasteiger partial charge on any atom is -0.456 e. The van der Waals surface area contributed by atoms with Crippen molar-refractivity contribution >= 4 is 49.9 Å². The van der Waals surface area contributed by atoms with E-state index in [1.54, 1.807) is 0 Å². The van der Waals surface area contributed by atoms with Crippen LogP contribution in [-0.2, 0) is 0 Å². The summed E-state index contributed by atoms with van der Waals surface area (Å²) in [5.41, 5.74) is 13.2. The third-order valence-electron chi connectivity index (χ3n) is 10.1. The smallest absolute Gasteiger partial charge is 0.160 e. The van der Waals surface area contributed by atoms with Crippen LogP contribution in [-0.4, -0.2) is 9.97 Å². The van der Waals surface area contributed by atoms with E-state index in [1.165, 1.54) is 22.3 Å². The van der Waals surface area contributed by atoms with E-state index in [1.807, 2.05) is 30.3 Å². The first-order chi connectivity index (χ1) is 26.8. The van der Waals surface area contributed by atoms with Gasteiger partial charge in [-0.05, 0) is 76.9 Å². The maximum atomic E-state index is 6.63. The predicted octanol–water partition coefficient (Wildman–Crippen LogP) is 13.7. The summed E-state index contributed by atoms with van der Waals surface area (Å²) in [6.07, 6.45) is 0. The van der Waals surface area contributed by atoms with Gasteiger partial charge in [-0.3, -0.25) is 0 Å². The van der Waals surface area contributed by atoms with E-state index >= 15 is 0 Å². The Hall–Kier alpha value is -7.30.